The zero-order valence-corrected chi connectivity index (χ0v) is 17.0. The highest BCUT2D eigenvalue weighted by Gasteiger charge is 2.28. The largest absolute Gasteiger partial charge is 0.405 e. The number of pyridine rings is 1. The molecule has 31 heavy (non-hydrogen) atoms. The van der Waals surface area contributed by atoms with Gasteiger partial charge in [-0.2, -0.15) is 13.2 Å². The minimum atomic E-state index is -4.38. The number of nitrogens with zero attached hydrogens (tertiary/aromatic N) is 3. The molecule has 9 heteroatoms. The van der Waals surface area contributed by atoms with Gasteiger partial charge >= 0.3 is 6.18 Å². The number of fused-ring (bicyclic) bond motifs is 1. The van der Waals surface area contributed by atoms with Gasteiger partial charge in [0.25, 0.3) is 5.91 Å². The molecule has 6 nitrogen and oxygen atoms in total. The van der Waals surface area contributed by atoms with E-state index < -0.39 is 18.6 Å². The third kappa shape index (κ3) is 5.16. The van der Waals surface area contributed by atoms with Crippen LogP contribution in [0.25, 0.3) is 6.08 Å². The van der Waals surface area contributed by atoms with Gasteiger partial charge in [0.1, 0.15) is 18.2 Å². The molecule has 2 N–H and O–H groups in total. The van der Waals surface area contributed by atoms with Crippen molar-refractivity contribution in [2.75, 3.05) is 37.3 Å². The summed E-state index contributed by atoms with van der Waals surface area (Å²) < 4.78 is 37.8. The van der Waals surface area contributed by atoms with Gasteiger partial charge < -0.3 is 15.5 Å². The number of aromatic nitrogens is 1. The number of hydrogen-bond donors (Lipinski definition) is 2. The summed E-state index contributed by atoms with van der Waals surface area (Å²) in [5.41, 5.74) is 2.65. The number of piperidine rings is 1. The van der Waals surface area contributed by atoms with Gasteiger partial charge in [-0.05, 0) is 74.3 Å². The first kappa shape index (κ1) is 21.2. The summed E-state index contributed by atoms with van der Waals surface area (Å²) in [5.74, 6) is 0.225. The Hall–Kier alpha value is -3.07. The number of likely N-dealkylation sites (tertiary alicyclic amines) is 1. The van der Waals surface area contributed by atoms with Crippen molar-refractivity contribution >= 4 is 29.3 Å². The van der Waals surface area contributed by atoms with E-state index in [2.05, 4.69) is 32.9 Å². The van der Waals surface area contributed by atoms with Crippen LogP contribution in [-0.4, -0.2) is 48.6 Å². The molecular weight excluding hydrogens is 407 g/mol. The van der Waals surface area contributed by atoms with Crippen molar-refractivity contribution in [3.05, 3.63) is 53.2 Å². The number of carbonyl (C=O) groups excluding carboxylic acids is 1. The molecule has 0 atom stereocenters. The number of halogens is 3. The summed E-state index contributed by atoms with van der Waals surface area (Å²) in [6, 6.07) is 9.30. The molecule has 0 saturated carbocycles. The molecule has 1 saturated heterocycles. The molecule has 1 fully saturated rings. The monoisotopic (exact) mass is 430 g/mol. The maximum Gasteiger partial charge on any atom is 0.405 e. The molecule has 1 radical (unpaired) electrons. The fourth-order valence-electron chi connectivity index (χ4n) is 3.86. The smallest absolute Gasteiger partial charge is 0.361 e. The van der Waals surface area contributed by atoms with Gasteiger partial charge in [0.15, 0.2) is 0 Å². The van der Waals surface area contributed by atoms with Crippen LogP contribution in [0.3, 0.4) is 0 Å². The van der Waals surface area contributed by atoms with Crippen molar-refractivity contribution in [1.82, 2.24) is 15.2 Å². The van der Waals surface area contributed by atoms with Gasteiger partial charge in [0.2, 0.25) is 0 Å². The molecule has 0 bridgehead atoms. The lowest BCUT2D eigenvalue weighted by atomic mass is 9.89. The summed E-state index contributed by atoms with van der Waals surface area (Å²) in [4.78, 5) is 18.8. The number of carbonyl (C=O) groups is 1. The van der Waals surface area contributed by atoms with Crippen molar-refractivity contribution in [2.24, 2.45) is 0 Å². The van der Waals surface area contributed by atoms with E-state index in [9.17, 15) is 18.0 Å². The molecule has 3 heterocycles. The van der Waals surface area contributed by atoms with E-state index in [1.807, 2.05) is 24.3 Å². The van der Waals surface area contributed by atoms with E-state index >= 15 is 0 Å². The molecule has 2 aliphatic rings. The highest BCUT2D eigenvalue weighted by molar-refractivity contribution is 6.05. The van der Waals surface area contributed by atoms with E-state index in [0.717, 1.165) is 25.9 Å². The molecule has 4 rings (SSSR count). The standard InChI is InChI=1S/C22H23F3N5O/c1-30-10-7-15(8-11-30)14-2-4-17(5-3-14)28-20-19-16(6-9-26-21(19)31)12-18(29-20)27-13-22(23,24)25/h2-6,9,12,15H,7-8,10-11,13H2,1H3,(H2,27,28,29). The summed E-state index contributed by atoms with van der Waals surface area (Å²) in [5, 5.41) is 9.12. The van der Waals surface area contributed by atoms with Gasteiger partial charge in [-0.1, -0.05) is 12.1 Å². The molecule has 0 unspecified atom stereocenters. The highest BCUT2D eigenvalue weighted by atomic mass is 19.4. The van der Waals surface area contributed by atoms with Crippen LogP contribution in [0.1, 0.15) is 40.2 Å². The normalized spacial score (nSPS) is 17.2. The molecule has 163 valence electrons. The van der Waals surface area contributed by atoms with Crippen molar-refractivity contribution in [3.8, 4) is 0 Å². The minimum absolute atomic E-state index is 0.0286. The average Bonchev–Trinajstić information content (AvgIpc) is 2.73. The van der Waals surface area contributed by atoms with Gasteiger partial charge in [0, 0.05) is 11.9 Å². The first-order valence-electron chi connectivity index (χ1n) is 10.1. The lowest BCUT2D eigenvalue weighted by Crippen LogP contribution is -2.29. The SMILES string of the molecule is CN1CCC(c2ccc(Nc3nc(NCC(F)(F)F)cc4c3C(=O)[N]C=C4)cc2)CC1. The van der Waals surface area contributed by atoms with Crippen molar-refractivity contribution in [2.45, 2.75) is 24.9 Å². The molecule has 1 aromatic carbocycles. The Morgan fingerprint density at radius 1 is 1.16 bits per heavy atom. The Morgan fingerprint density at radius 2 is 1.87 bits per heavy atom. The Balaban J connectivity index is 1.56. The fraction of sp³-hybridized carbons (Fsp3) is 0.364. The van der Waals surface area contributed by atoms with E-state index in [0.29, 0.717) is 17.2 Å². The lowest BCUT2D eigenvalue weighted by Gasteiger charge is -2.29. The van der Waals surface area contributed by atoms with Crippen LogP contribution in [0.2, 0.25) is 0 Å². The molecule has 2 aliphatic heterocycles. The van der Waals surface area contributed by atoms with Crippen LogP contribution in [0.5, 0.6) is 0 Å². The van der Waals surface area contributed by atoms with Gasteiger partial charge in [-0.25, -0.2) is 10.3 Å². The number of anilines is 3. The Kier molecular flexibility index (Phi) is 5.86. The van der Waals surface area contributed by atoms with Crippen LogP contribution < -0.4 is 16.0 Å². The summed E-state index contributed by atoms with van der Waals surface area (Å²) in [7, 11) is 2.12. The third-order valence-corrected chi connectivity index (χ3v) is 5.54. The number of alkyl halides is 3. The number of rotatable bonds is 5. The summed E-state index contributed by atoms with van der Waals surface area (Å²) in [6.07, 6.45) is 0.737. The number of benzene rings is 1. The summed E-state index contributed by atoms with van der Waals surface area (Å²) >= 11 is 0. The van der Waals surface area contributed by atoms with Crippen LogP contribution in [-0.2, 0) is 0 Å². The zero-order valence-electron chi connectivity index (χ0n) is 17.0. The molecule has 0 aliphatic carbocycles. The topological polar surface area (TPSA) is 71.4 Å². The van der Waals surface area contributed by atoms with Crippen molar-refractivity contribution in [1.29, 1.82) is 0 Å². The van der Waals surface area contributed by atoms with Crippen LogP contribution in [0.15, 0.2) is 36.5 Å². The highest BCUT2D eigenvalue weighted by Crippen LogP contribution is 2.31. The Labute approximate surface area is 178 Å². The average molecular weight is 430 g/mol. The molecule has 1 amide bonds. The third-order valence-electron chi connectivity index (χ3n) is 5.54. The first-order chi connectivity index (χ1) is 14.8. The fourth-order valence-corrected chi connectivity index (χ4v) is 3.86. The number of hydrogen-bond acceptors (Lipinski definition) is 5. The molecule has 0 spiro atoms. The maximum atomic E-state index is 12.6. The Bertz CT molecular complexity index is 980. The zero-order chi connectivity index (χ0) is 22.0. The molecule has 2 aromatic rings. The Morgan fingerprint density at radius 3 is 2.55 bits per heavy atom. The van der Waals surface area contributed by atoms with E-state index in [4.69, 9.17) is 0 Å². The minimum Gasteiger partial charge on any atom is -0.361 e. The number of amides is 1. The number of nitrogens with one attached hydrogen (secondary N) is 2. The summed E-state index contributed by atoms with van der Waals surface area (Å²) in [6.45, 7) is 0.917. The second kappa shape index (κ2) is 8.58. The molecular formula is C22H23F3N5O. The predicted octanol–water partition coefficient (Wildman–Crippen LogP) is 4.34. The van der Waals surface area contributed by atoms with Gasteiger partial charge in [-0.3, -0.25) is 4.79 Å². The second-order valence-electron chi connectivity index (χ2n) is 7.86. The predicted molar refractivity (Wildman–Crippen MR) is 113 cm³/mol. The van der Waals surface area contributed by atoms with E-state index in [1.165, 1.54) is 17.8 Å². The van der Waals surface area contributed by atoms with E-state index in [1.54, 1.807) is 6.08 Å². The van der Waals surface area contributed by atoms with Crippen molar-refractivity contribution in [3.63, 3.8) is 0 Å². The van der Waals surface area contributed by atoms with Crippen LogP contribution >= 0.6 is 0 Å². The lowest BCUT2D eigenvalue weighted by molar-refractivity contribution is -0.115. The second-order valence-corrected chi connectivity index (χ2v) is 7.86. The maximum absolute atomic E-state index is 12.6. The van der Waals surface area contributed by atoms with Crippen LogP contribution in [0.4, 0.5) is 30.5 Å². The van der Waals surface area contributed by atoms with E-state index in [-0.39, 0.29) is 17.2 Å². The van der Waals surface area contributed by atoms with Crippen molar-refractivity contribution < 1.29 is 18.0 Å². The van der Waals surface area contributed by atoms with Gasteiger partial charge in [-0.15, -0.1) is 0 Å². The quantitative estimate of drug-likeness (QED) is 0.739. The molecule has 1 aromatic heterocycles. The first-order valence-corrected chi connectivity index (χ1v) is 10.1. The van der Waals surface area contributed by atoms with Gasteiger partial charge in [0.05, 0.1) is 5.56 Å². The van der Waals surface area contributed by atoms with Crippen LogP contribution in [0, 0.1) is 0 Å².